The number of nitrogens with zero attached hydrogens (tertiary/aromatic N) is 3. The standard InChI is InChI=1S/C23H15N3O2/c27-22-20-9-3-4-10-21(20)25(23(28)26(22)19-8-5-13-24-15-19)18-12-11-16-6-1-2-7-17(16)14-18/h1-15H. The molecule has 5 nitrogen and oxygen atoms in total. The molecule has 0 saturated heterocycles. The zero-order valence-electron chi connectivity index (χ0n) is 14.8. The number of fused-ring (bicyclic) bond motifs is 2. The third-order valence-corrected chi connectivity index (χ3v) is 4.86. The predicted octanol–water partition coefficient (Wildman–Crippen LogP) is 3.69. The molecule has 2 heterocycles. The lowest BCUT2D eigenvalue weighted by atomic mass is 10.1. The van der Waals surface area contributed by atoms with Gasteiger partial charge in [-0.3, -0.25) is 14.3 Å². The van der Waals surface area contributed by atoms with Gasteiger partial charge in [-0.05, 0) is 47.2 Å². The molecule has 0 aliphatic rings. The molecule has 2 aromatic heterocycles. The van der Waals surface area contributed by atoms with Crippen molar-refractivity contribution in [2.45, 2.75) is 0 Å². The normalized spacial score (nSPS) is 11.1. The Balaban J connectivity index is 1.93. The second-order valence-corrected chi connectivity index (χ2v) is 6.52. The summed E-state index contributed by atoms with van der Waals surface area (Å²) in [5.41, 5.74) is 0.945. The Kier molecular flexibility index (Phi) is 3.66. The Morgan fingerprint density at radius 2 is 1.46 bits per heavy atom. The van der Waals surface area contributed by atoms with E-state index in [1.807, 2.05) is 48.5 Å². The Hall–Kier alpha value is -3.99. The number of hydrogen-bond acceptors (Lipinski definition) is 3. The fourth-order valence-electron chi connectivity index (χ4n) is 3.54. The summed E-state index contributed by atoms with van der Waals surface area (Å²) in [6.45, 7) is 0. The van der Waals surface area contributed by atoms with Gasteiger partial charge in [-0.25, -0.2) is 9.36 Å². The molecule has 0 aliphatic heterocycles. The fourth-order valence-corrected chi connectivity index (χ4v) is 3.54. The van der Waals surface area contributed by atoms with Crippen LogP contribution in [0.1, 0.15) is 0 Å². The van der Waals surface area contributed by atoms with Crippen LogP contribution in [0, 0.1) is 0 Å². The molecule has 5 aromatic rings. The SMILES string of the molecule is O=c1c2ccccc2n(-c2ccc3ccccc3c2)c(=O)n1-c1cccnc1. The molecule has 0 unspecified atom stereocenters. The lowest BCUT2D eigenvalue weighted by Gasteiger charge is -2.14. The van der Waals surface area contributed by atoms with Crippen LogP contribution in [0.25, 0.3) is 33.1 Å². The first-order chi connectivity index (χ1) is 13.7. The molecule has 0 bridgehead atoms. The summed E-state index contributed by atoms with van der Waals surface area (Å²) in [6.07, 6.45) is 3.12. The third-order valence-electron chi connectivity index (χ3n) is 4.86. The monoisotopic (exact) mass is 365 g/mol. The van der Waals surface area contributed by atoms with Crippen LogP contribution in [0.5, 0.6) is 0 Å². The maximum Gasteiger partial charge on any atom is 0.340 e. The van der Waals surface area contributed by atoms with Gasteiger partial charge in [-0.2, -0.15) is 0 Å². The van der Waals surface area contributed by atoms with Crippen LogP contribution in [-0.4, -0.2) is 14.1 Å². The van der Waals surface area contributed by atoms with Crippen LogP contribution in [0.2, 0.25) is 0 Å². The van der Waals surface area contributed by atoms with Crippen molar-refractivity contribution in [2.75, 3.05) is 0 Å². The quantitative estimate of drug-likeness (QED) is 0.479. The molecule has 5 heteroatoms. The van der Waals surface area contributed by atoms with Gasteiger partial charge in [0, 0.05) is 6.20 Å². The largest absolute Gasteiger partial charge is 0.340 e. The predicted molar refractivity (Wildman–Crippen MR) is 110 cm³/mol. The summed E-state index contributed by atoms with van der Waals surface area (Å²) in [5, 5.41) is 2.58. The lowest BCUT2D eigenvalue weighted by Crippen LogP contribution is -2.38. The highest BCUT2D eigenvalue weighted by Gasteiger charge is 2.15. The van der Waals surface area contributed by atoms with Crippen LogP contribution in [0.4, 0.5) is 0 Å². The van der Waals surface area contributed by atoms with E-state index in [4.69, 9.17) is 0 Å². The second kappa shape index (κ2) is 6.32. The van der Waals surface area contributed by atoms with Crippen LogP contribution in [0.3, 0.4) is 0 Å². The van der Waals surface area contributed by atoms with Gasteiger partial charge in [0.05, 0.1) is 28.5 Å². The highest BCUT2D eigenvalue weighted by atomic mass is 16.2. The summed E-state index contributed by atoms with van der Waals surface area (Å²) in [4.78, 5) is 30.6. The van der Waals surface area contributed by atoms with Gasteiger partial charge < -0.3 is 0 Å². The minimum Gasteiger partial charge on any atom is -0.268 e. The molecule has 28 heavy (non-hydrogen) atoms. The van der Waals surface area contributed by atoms with Crippen LogP contribution >= 0.6 is 0 Å². The third kappa shape index (κ3) is 2.45. The topological polar surface area (TPSA) is 56.9 Å². The molecular weight excluding hydrogens is 350 g/mol. The Bertz CT molecular complexity index is 1450. The molecule has 0 fully saturated rings. The number of aromatic nitrogens is 3. The zero-order valence-corrected chi connectivity index (χ0v) is 14.8. The first kappa shape index (κ1) is 16.2. The van der Waals surface area contributed by atoms with Crippen molar-refractivity contribution in [3.05, 3.63) is 112 Å². The van der Waals surface area contributed by atoms with Gasteiger partial charge in [0.15, 0.2) is 0 Å². The van der Waals surface area contributed by atoms with Crippen LogP contribution in [-0.2, 0) is 0 Å². The number of benzene rings is 3. The van der Waals surface area contributed by atoms with E-state index in [1.165, 1.54) is 10.8 Å². The maximum atomic E-state index is 13.4. The van der Waals surface area contributed by atoms with Crippen molar-refractivity contribution in [1.29, 1.82) is 0 Å². The molecule has 3 aromatic carbocycles. The molecule has 134 valence electrons. The molecule has 0 aliphatic carbocycles. The number of para-hydroxylation sites is 1. The van der Waals surface area contributed by atoms with E-state index in [0.29, 0.717) is 22.3 Å². The van der Waals surface area contributed by atoms with E-state index >= 15 is 0 Å². The Morgan fingerprint density at radius 3 is 2.29 bits per heavy atom. The van der Waals surface area contributed by atoms with Crippen molar-refractivity contribution in [2.24, 2.45) is 0 Å². The molecule has 0 saturated carbocycles. The minimum atomic E-state index is -0.424. The summed E-state index contributed by atoms with van der Waals surface area (Å²) in [7, 11) is 0. The van der Waals surface area contributed by atoms with Crippen molar-refractivity contribution >= 4 is 21.7 Å². The summed E-state index contributed by atoms with van der Waals surface area (Å²) in [6, 6.07) is 24.4. The van der Waals surface area contributed by atoms with E-state index in [9.17, 15) is 9.59 Å². The van der Waals surface area contributed by atoms with Gasteiger partial charge >= 0.3 is 5.69 Å². The Morgan fingerprint density at radius 1 is 0.679 bits per heavy atom. The summed E-state index contributed by atoms with van der Waals surface area (Å²) >= 11 is 0. The molecule has 0 radical (unpaired) electrons. The average Bonchev–Trinajstić information content (AvgIpc) is 2.75. The van der Waals surface area contributed by atoms with Crippen molar-refractivity contribution in [3.8, 4) is 11.4 Å². The molecule has 0 amide bonds. The van der Waals surface area contributed by atoms with Crippen LogP contribution < -0.4 is 11.2 Å². The van der Waals surface area contributed by atoms with E-state index in [1.54, 1.807) is 41.1 Å². The second-order valence-electron chi connectivity index (χ2n) is 6.52. The summed E-state index contributed by atoms with van der Waals surface area (Å²) < 4.78 is 2.75. The molecule has 0 N–H and O–H groups in total. The highest BCUT2D eigenvalue weighted by Crippen LogP contribution is 2.20. The molecule has 5 rings (SSSR count). The average molecular weight is 365 g/mol. The number of pyridine rings is 1. The van der Waals surface area contributed by atoms with E-state index < -0.39 is 5.69 Å². The maximum absolute atomic E-state index is 13.4. The summed E-state index contributed by atoms with van der Waals surface area (Å²) in [5.74, 6) is 0. The van der Waals surface area contributed by atoms with Gasteiger partial charge in [0.25, 0.3) is 5.56 Å². The van der Waals surface area contributed by atoms with E-state index in [-0.39, 0.29) is 5.56 Å². The first-order valence-corrected chi connectivity index (χ1v) is 8.90. The first-order valence-electron chi connectivity index (χ1n) is 8.90. The van der Waals surface area contributed by atoms with Gasteiger partial charge in [0.2, 0.25) is 0 Å². The van der Waals surface area contributed by atoms with Crippen LogP contribution in [0.15, 0.2) is 101 Å². The van der Waals surface area contributed by atoms with Gasteiger partial charge in [-0.15, -0.1) is 0 Å². The van der Waals surface area contributed by atoms with Gasteiger partial charge in [0.1, 0.15) is 0 Å². The fraction of sp³-hybridized carbons (Fsp3) is 0. The Labute approximate surface area is 159 Å². The van der Waals surface area contributed by atoms with Crippen molar-refractivity contribution in [3.63, 3.8) is 0 Å². The van der Waals surface area contributed by atoms with E-state index in [0.717, 1.165) is 10.8 Å². The number of rotatable bonds is 2. The van der Waals surface area contributed by atoms with Crippen molar-refractivity contribution in [1.82, 2.24) is 14.1 Å². The zero-order chi connectivity index (χ0) is 19.1. The smallest absolute Gasteiger partial charge is 0.268 e. The lowest BCUT2D eigenvalue weighted by molar-refractivity contribution is 0.831. The molecular formula is C23H15N3O2. The number of hydrogen-bond donors (Lipinski definition) is 0. The van der Waals surface area contributed by atoms with Crippen molar-refractivity contribution < 1.29 is 0 Å². The van der Waals surface area contributed by atoms with E-state index in [2.05, 4.69) is 4.98 Å². The minimum absolute atomic E-state index is 0.356. The highest BCUT2D eigenvalue weighted by molar-refractivity contribution is 5.86. The molecule has 0 spiro atoms. The van der Waals surface area contributed by atoms with Gasteiger partial charge in [-0.1, -0.05) is 42.5 Å². The molecule has 0 atom stereocenters.